The van der Waals surface area contributed by atoms with Gasteiger partial charge in [-0.2, -0.15) is 12.7 Å². The van der Waals surface area contributed by atoms with E-state index in [-0.39, 0.29) is 18.8 Å². The molecule has 1 amide bonds. The predicted octanol–water partition coefficient (Wildman–Crippen LogP) is 3.71. The van der Waals surface area contributed by atoms with Gasteiger partial charge in [0.05, 0.1) is 12.2 Å². The molecule has 168 valence electrons. The number of anilines is 1. The van der Waals surface area contributed by atoms with Gasteiger partial charge in [-0.25, -0.2) is 8.78 Å². The first-order chi connectivity index (χ1) is 15.2. The highest BCUT2D eigenvalue weighted by Crippen LogP contribution is 2.25. The molecule has 0 aliphatic heterocycles. The monoisotopic (exact) mass is 459 g/mol. The molecule has 0 saturated carbocycles. The summed E-state index contributed by atoms with van der Waals surface area (Å²) in [6.07, 6.45) is 0. The Balaban J connectivity index is 1.77. The van der Waals surface area contributed by atoms with Crippen LogP contribution in [0.3, 0.4) is 0 Å². The van der Waals surface area contributed by atoms with Crippen molar-refractivity contribution in [1.29, 1.82) is 0 Å². The van der Waals surface area contributed by atoms with Crippen LogP contribution in [0.2, 0.25) is 0 Å². The first kappa shape index (κ1) is 23.4. The van der Waals surface area contributed by atoms with Crippen LogP contribution in [0.5, 0.6) is 0 Å². The van der Waals surface area contributed by atoms with E-state index < -0.39 is 27.8 Å². The maximum Gasteiger partial charge on any atom is 0.303 e. The third-order valence-electron chi connectivity index (χ3n) is 4.80. The van der Waals surface area contributed by atoms with Gasteiger partial charge in [0, 0.05) is 31.8 Å². The summed E-state index contributed by atoms with van der Waals surface area (Å²) in [6, 6.07) is 18.0. The van der Waals surface area contributed by atoms with Crippen LogP contribution in [0, 0.1) is 11.6 Å². The second-order valence-corrected chi connectivity index (χ2v) is 9.29. The summed E-state index contributed by atoms with van der Waals surface area (Å²) in [5.74, 6) is -1.47. The van der Waals surface area contributed by atoms with E-state index in [1.54, 1.807) is 36.4 Å². The van der Waals surface area contributed by atoms with Crippen molar-refractivity contribution in [2.75, 3.05) is 18.4 Å². The SMILES string of the molecule is CN(C)S(=O)(=O)N(Cc1ccc(C(=O)NCc2ccccc2F)cc1)c1ccccc1F. The highest BCUT2D eigenvalue weighted by Gasteiger charge is 2.27. The third kappa shape index (κ3) is 5.30. The minimum atomic E-state index is -3.97. The molecule has 3 aromatic carbocycles. The van der Waals surface area contributed by atoms with Gasteiger partial charge in [0.15, 0.2) is 0 Å². The molecule has 9 heteroatoms. The van der Waals surface area contributed by atoms with Gasteiger partial charge in [-0.15, -0.1) is 0 Å². The Hall–Kier alpha value is -3.30. The summed E-state index contributed by atoms with van der Waals surface area (Å²) in [5, 5.41) is 2.65. The van der Waals surface area contributed by atoms with Crippen LogP contribution in [-0.2, 0) is 23.3 Å². The molecule has 0 saturated heterocycles. The Labute approximate surface area is 186 Å². The molecule has 0 heterocycles. The van der Waals surface area contributed by atoms with Gasteiger partial charge in [0.1, 0.15) is 11.6 Å². The van der Waals surface area contributed by atoms with Crippen molar-refractivity contribution in [1.82, 2.24) is 9.62 Å². The lowest BCUT2D eigenvalue weighted by Crippen LogP contribution is -2.40. The molecule has 3 rings (SSSR count). The van der Waals surface area contributed by atoms with Gasteiger partial charge in [-0.3, -0.25) is 9.10 Å². The van der Waals surface area contributed by atoms with Gasteiger partial charge < -0.3 is 5.32 Å². The number of benzene rings is 3. The Morgan fingerprint density at radius 2 is 1.47 bits per heavy atom. The molecule has 0 radical (unpaired) electrons. The fourth-order valence-corrected chi connectivity index (χ4v) is 4.09. The zero-order valence-electron chi connectivity index (χ0n) is 17.6. The number of nitrogens with one attached hydrogen (secondary N) is 1. The minimum absolute atomic E-state index is 0.0371. The van der Waals surface area contributed by atoms with Crippen molar-refractivity contribution >= 4 is 21.8 Å². The number of halogens is 2. The average Bonchev–Trinajstić information content (AvgIpc) is 2.77. The molecule has 0 spiro atoms. The van der Waals surface area contributed by atoms with E-state index in [1.807, 2.05) is 0 Å². The number of hydrogen-bond acceptors (Lipinski definition) is 3. The lowest BCUT2D eigenvalue weighted by molar-refractivity contribution is 0.0950. The standard InChI is InChI=1S/C23H23F2N3O3S/c1-27(2)32(30,31)28(22-10-6-5-9-21(22)25)16-17-11-13-18(14-12-17)23(29)26-15-19-7-3-4-8-20(19)24/h3-14H,15-16H2,1-2H3,(H,26,29). The van der Waals surface area contributed by atoms with Crippen molar-refractivity contribution < 1.29 is 22.0 Å². The van der Waals surface area contributed by atoms with E-state index in [2.05, 4.69) is 5.32 Å². The van der Waals surface area contributed by atoms with Gasteiger partial charge >= 0.3 is 10.2 Å². The number of hydrogen-bond donors (Lipinski definition) is 1. The Morgan fingerprint density at radius 3 is 2.06 bits per heavy atom. The third-order valence-corrected chi connectivity index (χ3v) is 6.61. The van der Waals surface area contributed by atoms with E-state index in [0.717, 1.165) is 8.61 Å². The molecule has 0 unspecified atom stereocenters. The normalized spacial score (nSPS) is 11.4. The Morgan fingerprint density at radius 1 is 0.875 bits per heavy atom. The molecular weight excluding hydrogens is 436 g/mol. The zero-order chi connectivity index (χ0) is 23.3. The van der Waals surface area contributed by atoms with Gasteiger partial charge in [-0.1, -0.05) is 42.5 Å². The zero-order valence-corrected chi connectivity index (χ0v) is 18.4. The smallest absolute Gasteiger partial charge is 0.303 e. The minimum Gasteiger partial charge on any atom is -0.348 e. The van der Waals surface area contributed by atoms with Crippen LogP contribution in [0.25, 0.3) is 0 Å². The molecular formula is C23H23F2N3O3S. The number of carbonyl (C=O) groups is 1. The maximum absolute atomic E-state index is 14.4. The number of rotatable bonds is 8. The molecule has 0 bridgehead atoms. The molecule has 0 aliphatic carbocycles. The summed E-state index contributed by atoms with van der Waals surface area (Å²) < 4.78 is 55.6. The fourth-order valence-electron chi connectivity index (χ4n) is 2.99. The van der Waals surface area contributed by atoms with E-state index in [4.69, 9.17) is 0 Å². The number of para-hydroxylation sites is 1. The first-order valence-corrected chi connectivity index (χ1v) is 11.1. The number of nitrogens with zero attached hydrogens (tertiary/aromatic N) is 2. The van der Waals surface area contributed by atoms with Crippen LogP contribution in [-0.4, -0.2) is 32.7 Å². The molecule has 0 atom stereocenters. The quantitative estimate of drug-likeness (QED) is 0.558. The second-order valence-electron chi connectivity index (χ2n) is 7.22. The van der Waals surface area contributed by atoms with Crippen LogP contribution in [0.1, 0.15) is 21.5 Å². The van der Waals surface area contributed by atoms with Gasteiger partial charge in [-0.05, 0) is 35.9 Å². The van der Waals surface area contributed by atoms with Crippen LogP contribution in [0.4, 0.5) is 14.5 Å². The molecule has 1 N–H and O–H groups in total. The average molecular weight is 460 g/mol. The van der Waals surface area contributed by atoms with Crippen molar-refractivity contribution in [3.8, 4) is 0 Å². The molecule has 3 aromatic rings. The first-order valence-electron chi connectivity index (χ1n) is 9.75. The Kier molecular flexibility index (Phi) is 7.22. The van der Waals surface area contributed by atoms with E-state index in [9.17, 15) is 22.0 Å². The summed E-state index contributed by atoms with van der Waals surface area (Å²) in [7, 11) is -1.24. The molecule has 32 heavy (non-hydrogen) atoms. The van der Waals surface area contributed by atoms with Crippen molar-refractivity contribution in [3.63, 3.8) is 0 Å². The maximum atomic E-state index is 14.4. The lowest BCUT2D eigenvalue weighted by atomic mass is 10.1. The largest absolute Gasteiger partial charge is 0.348 e. The van der Waals surface area contributed by atoms with Crippen LogP contribution >= 0.6 is 0 Å². The van der Waals surface area contributed by atoms with Crippen molar-refractivity contribution in [2.24, 2.45) is 0 Å². The molecule has 0 aromatic heterocycles. The number of carbonyl (C=O) groups excluding carboxylic acids is 1. The molecule has 0 fully saturated rings. The highest BCUT2D eigenvalue weighted by molar-refractivity contribution is 7.90. The predicted molar refractivity (Wildman–Crippen MR) is 119 cm³/mol. The molecule has 0 aliphatic rings. The number of amides is 1. The van der Waals surface area contributed by atoms with Gasteiger partial charge in [0.2, 0.25) is 0 Å². The fraction of sp³-hybridized carbons (Fsp3) is 0.174. The summed E-state index contributed by atoms with van der Waals surface area (Å²) in [4.78, 5) is 12.4. The summed E-state index contributed by atoms with van der Waals surface area (Å²) in [5.41, 5.74) is 1.18. The second kappa shape index (κ2) is 9.88. The topological polar surface area (TPSA) is 69.7 Å². The summed E-state index contributed by atoms with van der Waals surface area (Å²) >= 11 is 0. The Bertz CT molecular complexity index is 1200. The lowest BCUT2D eigenvalue weighted by Gasteiger charge is -2.27. The van der Waals surface area contributed by atoms with Crippen molar-refractivity contribution in [2.45, 2.75) is 13.1 Å². The molecule has 6 nitrogen and oxygen atoms in total. The summed E-state index contributed by atoms with van der Waals surface area (Å²) in [6.45, 7) is -0.0893. The van der Waals surface area contributed by atoms with E-state index >= 15 is 0 Å². The van der Waals surface area contributed by atoms with Crippen molar-refractivity contribution in [3.05, 3.63) is 101 Å². The highest BCUT2D eigenvalue weighted by atomic mass is 32.2. The van der Waals surface area contributed by atoms with E-state index in [0.29, 0.717) is 16.7 Å². The van der Waals surface area contributed by atoms with Gasteiger partial charge in [0.25, 0.3) is 5.91 Å². The van der Waals surface area contributed by atoms with Crippen LogP contribution in [0.15, 0.2) is 72.8 Å². The van der Waals surface area contributed by atoms with Crippen LogP contribution < -0.4 is 9.62 Å². The van der Waals surface area contributed by atoms with E-state index in [1.165, 1.54) is 50.5 Å².